The van der Waals surface area contributed by atoms with E-state index in [0.29, 0.717) is 6.61 Å². The molecule has 1 aliphatic rings. The Kier molecular flexibility index (Phi) is 12.6. The van der Waals surface area contributed by atoms with Gasteiger partial charge in [0.25, 0.3) is 0 Å². The Hall–Kier alpha value is -3.71. The minimum Gasteiger partial charge on any atom is -0.463 e. The largest absolute Gasteiger partial charge is 0.463 e. The van der Waals surface area contributed by atoms with Gasteiger partial charge < -0.3 is 33.2 Å². The van der Waals surface area contributed by atoms with Crippen LogP contribution in [0.4, 0.5) is 4.79 Å². The average molecular weight is 554 g/mol. The Morgan fingerprint density at radius 1 is 0.795 bits per heavy atom. The second kappa shape index (κ2) is 15.6. The zero-order valence-corrected chi connectivity index (χ0v) is 22.7. The molecule has 1 aliphatic heterocycles. The fraction of sp³-hybridized carbons (Fsp3) is 0.577. The Labute approximate surface area is 226 Å². The molecule has 0 spiro atoms. The fourth-order valence-corrected chi connectivity index (χ4v) is 3.89. The van der Waals surface area contributed by atoms with Crippen LogP contribution in [0.15, 0.2) is 30.3 Å². The van der Waals surface area contributed by atoms with Crippen molar-refractivity contribution >= 4 is 30.0 Å². The number of carbonyl (C=O) groups is 5. The first-order valence-corrected chi connectivity index (χ1v) is 12.4. The normalized spacial score (nSPS) is 22.2. The minimum atomic E-state index is -1.45. The van der Waals surface area contributed by atoms with Crippen LogP contribution in [-0.4, -0.2) is 91.9 Å². The van der Waals surface area contributed by atoms with Gasteiger partial charge in [-0.15, -0.1) is 0 Å². The summed E-state index contributed by atoms with van der Waals surface area (Å²) in [6, 6.07) is 8.93. The highest BCUT2D eigenvalue weighted by Crippen LogP contribution is 2.31. The molecule has 1 aromatic rings. The predicted octanol–water partition coefficient (Wildman–Crippen LogP) is 1.74. The molecule has 2 rings (SSSR count). The summed E-state index contributed by atoms with van der Waals surface area (Å²) in [5.74, 6) is -2.98. The maximum absolute atomic E-state index is 13.4. The molecule has 0 radical (unpaired) electrons. The number of amides is 1. The van der Waals surface area contributed by atoms with Crippen LogP contribution in [0.1, 0.15) is 40.2 Å². The first-order chi connectivity index (χ1) is 18.5. The number of nitrogens with zero attached hydrogens (tertiary/aromatic N) is 1. The molecule has 39 heavy (non-hydrogen) atoms. The van der Waals surface area contributed by atoms with E-state index in [4.69, 9.17) is 33.2 Å². The molecule has 0 saturated carbocycles. The Morgan fingerprint density at radius 3 is 1.95 bits per heavy atom. The standard InChI is InChI=1S/C26H35NO12/c1-6-33-13-12-27(26(32)35-14-20-10-8-7-9-11-20)25-24(38-19(5)31)23(37-18(4)30)22(36-17(3)29)21(39-25)15-34-16(2)28/h7-11,21-25H,6,12-15H2,1-5H3/t21-,22-,23+,24+,25+/m1/s1. The van der Waals surface area contributed by atoms with E-state index < -0.39 is 67.2 Å². The van der Waals surface area contributed by atoms with E-state index in [2.05, 4.69) is 0 Å². The van der Waals surface area contributed by atoms with Gasteiger partial charge in [0.1, 0.15) is 19.3 Å². The van der Waals surface area contributed by atoms with Gasteiger partial charge in [-0.2, -0.15) is 0 Å². The summed E-state index contributed by atoms with van der Waals surface area (Å²) >= 11 is 0. The Bertz CT molecular complexity index is 984. The molecule has 0 bridgehead atoms. The predicted molar refractivity (Wildman–Crippen MR) is 132 cm³/mol. The number of carbonyl (C=O) groups excluding carboxylic acids is 5. The van der Waals surface area contributed by atoms with Crippen molar-refractivity contribution in [3.63, 3.8) is 0 Å². The van der Waals surface area contributed by atoms with E-state index in [1.165, 1.54) is 6.92 Å². The van der Waals surface area contributed by atoms with Crippen LogP contribution < -0.4 is 0 Å². The zero-order chi connectivity index (χ0) is 28.9. The lowest BCUT2D eigenvalue weighted by molar-refractivity contribution is -0.274. The number of hydrogen-bond donors (Lipinski definition) is 0. The lowest BCUT2D eigenvalue weighted by Crippen LogP contribution is -2.67. The summed E-state index contributed by atoms with van der Waals surface area (Å²) in [7, 11) is 0. The second-order valence-electron chi connectivity index (χ2n) is 8.52. The molecule has 0 unspecified atom stereocenters. The smallest absolute Gasteiger partial charge is 0.412 e. The summed E-state index contributed by atoms with van der Waals surface area (Å²) < 4.78 is 38.4. The van der Waals surface area contributed by atoms with E-state index in [-0.39, 0.29) is 19.8 Å². The third-order valence-corrected chi connectivity index (χ3v) is 5.39. The number of hydrogen-bond acceptors (Lipinski definition) is 12. The third kappa shape index (κ3) is 10.2. The van der Waals surface area contributed by atoms with Crippen LogP contribution in [0.2, 0.25) is 0 Å². The van der Waals surface area contributed by atoms with Gasteiger partial charge in [-0.1, -0.05) is 30.3 Å². The van der Waals surface area contributed by atoms with Gasteiger partial charge in [-0.25, -0.2) is 4.79 Å². The van der Waals surface area contributed by atoms with E-state index in [0.717, 1.165) is 31.2 Å². The monoisotopic (exact) mass is 553 g/mol. The third-order valence-electron chi connectivity index (χ3n) is 5.39. The van der Waals surface area contributed by atoms with Gasteiger partial charge in [-0.3, -0.25) is 24.1 Å². The van der Waals surface area contributed by atoms with Gasteiger partial charge in [0.05, 0.1) is 13.2 Å². The topological polar surface area (TPSA) is 153 Å². The molecule has 13 nitrogen and oxygen atoms in total. The van der Waals surface area contributed by atoms with Crippen LogP contribution in [0, 0.1) is 0 Å². The SMILES string of the molecule is CCOCCN(C(=O)OCc1ccccc1)[C@H]1O[C@H](COC(C)=O)[C@@H](OC(C)=O)[C@H](OC(C)=O)[C@@H]1OC(C)=O. The summed E-state index contributed by atoms with van der Waals surface area (Å²) in [5.41, 5.74) is 0.720. The lowest BCUT2D eigenvalue weighted by Gasteiger charge is -2.47. The van der Waals surface area contributed by atoms with Crippen molar-refractivity contribution in [2.75, 3.05) is 26.4 Å². The maximum Gasteiger partial charge on any atom is 0.412 e. The van der Waals surface area contributed by atoms with Crippen LogP contribution >= 0.6 is 0 Å². The minimum absolute atomic E-state index is 0.0593. The summed E-state index contributed by atoms with van der Waals surface area (Å²) in [6.45, 7) is 6.13. The lowest BCUT2D eigenvalue weighted by atomic mass is 9.96. The highest BCUT2D eigenvalue weighted by Gasteiger charge is 2.54. The van der Waals surface area contributed by atoms with E-state index >= 15 is 0 Å². The fourth-order valence-electron chi connectivity index (χ4n) is 3.89. The molecular weight excluding hydrogens is 518 g/mol. The molecule has 13 heteroatoms. The van der Waals surface area contributed by atoms with Crippen molar-refractivity contribution < 1.29 is 57.1 Å². The van der Waals surface area contributed by atoms with E-state index in [1.807, 2.05) is 6.07 Å². The zero-order valence-electron chi connectivity index (χ0n) is 22.7. The number of ether oxygens (including phenoxy) is 7. The molecular formula is C26H35NO12. The van der Waals surface area contributed by atoms with Gasteiger partial charge in [-0.05, 0) is 12.5 Å². The Morgan fingerprint density at radius 2 is 1.38 bits per heavy atom. The van der Waals surface area contributed by atoms with Gasteiger partial charge in [0.15, 0.2) is 24.5 Å². The number of benzene rings is 1. The highest BCUT2D eigenvalue weighted by molar-refractivity contribution is 5.70. The van der Waals surface area contributed by atoms with Crippen molar-refractivity contribution in [2.45, 2.75) is 71.9 Å². The molecule has 1 heterocycles. The summed E-state index contributed by atoms with van der Waals surface area (Å²) in [5, 5.41) is 0. The first kappa shape index (κ1) is 31.5. The molecule has 216 valence electrons. The molecule has 1 saturated heterocycles. The van der Waals surface area contributed by atoms with Crippen molar-refractivity contribution in [3.8, 4) is 0 Å². The van der Waals surface area contributed by atoms with E-state index in [9.17, 15) is 24.0 Å². The first-order valence-electron chi connectivity index (χ1n) is 12.4. The molecule has 0 aromatic heterocycles. The quantitative estimate of drug-likeness (QED) is 0.210. The van der Waals surface area contributed by atoms with Gasteiger partial charge in [0.2, 0.25) is 0 Å². The molecule has 0 N–H and O–H groups in total. The second-order valence-corrected chi connectivity index (χ2v) is 8.52. The molecule has 5 atom stereocenters. The molecule has 1 amide bonds. The maximum atomic E-state index is 13.4. The number of esters is 4. The summed E-state index contributed by atoms with van der Waals surface area (Å²) in [4.78, 5) is 62.2. The van der Waals surface area contributed by atoms with Gasteiger partial charge in [0, 0.05) is 34.3 Å². The van der Waals surface area contributed by atoms with Crippen LogP contribution in [0.5, 0.6) is 0 Å². The Balaban J connectivity index is 2.50. The molecule has 1 fully saturated rings. The highest BCUT2D eigenvalue weighted by atomic mass is 16.7. The van der Waals surface area contributed by atoms with E-state index in [1.54, 1.807) is 31.2 Å². The van der Waals surface area contributed by atoms with Crippen molar-refractivity contribution in [1.82, 2.24) is 4.90 Å². The van der Waals surface area contributed by atoms with Crippen molar-refractivity contribution in [1.29, 1.82) is 0 Å². The van der Waals surface area contributed by atoms with Crippen LogP contribution in [0.3, 0.4) is 0 Å². The van der Waals surface area contributed by atoms with Crippen LogP contribution in [-0.2, 0) is 58.9 Å². The number of rotatable bonds is 12. The molecule has 0 aliphatic carbocycles. The van der Waals surface area contributed by atoms with Gasteiger partial charge >= 0.3 is 30.0 Å². The van der Waals surface area contributed by atoms with Crippen molar-refractivity contribution in [2.24, 2.45) is 0 Å². The van der Waals surface area contributed by atoms with Crippen LogP contribution in [0.25, 0.3) is 0 Å². The van der Waals surface area contributed by atoms with Crippen molar-refractivity contribution in [3.05, 3.63) is 35.9 Å². The summed E-state index contributed by atoms with van der Waals surface area (Å²) in [6.07, 6.45) is -7.69. The molecule has 1 aromatic carbocycles. The average Bonchev–Trinajstić information content (AvgIpc) is 2.86.